The summed E-state index contributed by atoms with van der Waals surface area (Å²) in [5.41, 5.74) is 4.84. The van der Waals surface area contributed by atoms with Crippen molar-refractivity contribution in [2.45, 2.75) is 51.6 Å². The van der Waals surface area contributed by atoms with Crippen molar-refractivity contribution >= 4 is 40.4 Å². The molecule has 0 fully saturated rings. The number of anilines is 2. The summed E-state index contributed by atoms with van der Waals surface area (Å²) in [6, 6.07) is 16.8. The van der Waals surface area contributed by atoms with Gasteiger partial charge in [0.1, 0.15) is 6.04 Å². The number of amides is 3. The Labute approximate surface area is 209 Å². The molecular weight excluding hydrogens is 458 g/mol. The molecule has 1 atom stereocenters. The molecule has 0 spiro atoms. The molecule has 3 heterocycles. The predicted octanol–water partition coefficient (Wildman–Crippen LogP) is 4.71. The summed E-state index contributed by atoms with van der Waals surface area (Å²) >= 11 is 1.74. The zero-order valence-corrected chi connectivity index (χ0v) is 20.6. The lowest BCUT2D eigenvalue weighted by atomic mass is 9.94. The zero-order valence-electron chi connectivity index (χ0n) is 19.8. The summed E-state index contributed by atoms with van der Waals surface area (Å²) < 4.78 is 0. The molecule has 0 saturated carbocycles. The maximum Gasteiger partial charge on any atom is 0.247 e. The van der Waals surface area contributed by atoms with Crippen molar-refractivity contribution in [3.05, 3.63) is 81.5 Å². The molecule has 3 aromatic rings. The first kappa shape index (κ1) is 23.3. The Bertz CT molecular complexity index is 1250. The van der Waals surface area contributed by atoms with Gasteiger partial charge in [-0.15, -0.1) is 11.3 Å². The van der Waals surface area contributed by atoms with Crippen LogP contribution in [0.25, 0.3) is 0 Å². The molecule has 3 amide bonds. The Balaban J connectivity index is 1.29. The Hall–Kier alpha value is -3.45. The van der Waals surface area contributed by atoms with Crippen molar-refractivity contribution in [2.75, 3.05) is 16.8 Å². The van der Waals surface area contributed by atoms with Gasteiger partial charge in [0.25, 0.3) is 0 Å². The summed E-state index contributed by atoms with van der Waals surface area (Å²) in [6.07, 6.45) is 2.36. The van der Waals surface area contributed by atoms with E-state index in [0.29, 0.717) is 25.2 Å². The van der Waals surface area contributed by atoms with Crippen LogP contribution in [0.1, 0.15) is 40.8 Å². The highest BCUT2D eigenvalue weighted by atomic mass is 32.1. The van der Waals surface area contributed by atoms with E-state index in [-0.39, 0.29) is 30.6 Å². The van der Waals surface area contributed by atoms with E-state index < -0.39 is 6.04 Å². The van der Waals surface area contributed by atoms with Gasteiger partial charge in [0.05, 0.1) is 0 Å². The number of carbonyl (C=O) groups is 3. The summed E-state index contributed by atoms with van der Waals surface area (Å²) in [4.78, 5) is 44.5. The Kier molecular flexibility index (Phi) is 6.68. The predicted molar refractivity (Wildman–Crippen MR) is 139 cm³/mol. The molecule has 2 aliphatic heterocycles. The monoisotopic (exact) mass is 487 g/mol. The van der Waals surface area contributed by atoms with Crippen LogP contribution < -0.4 is 10.2 Å². The number of hydrogen-bond donors (Lipinski definition) is 1. The van der Waals surface area contributed by atoms with E-state index in [1.54, 1.807) is 16.2 Å². The summed E-state index contributed by atoms with van der Waals surface area (Å²) in [5.74, 6) is -0.409. The van der Waals surface area contributed by atoms with E-state index in [9.17, 15) is 14.4 Å². The number of para-hydroxylation sites is 1. The van der Waals surface area contributed by atoms with Gasteiger partial charge in [0, 0.05) is 42.2 Å². The highest BCUT2D eigenvalue weighted by Gasteiger charge is 2.36. The van der Waals surface area contributed by atoms with Crippen LogP contribution in [0.5, 0.6) is 0 Å². The number of fused-ring (bicyclic) bond motifs is 2. The molecule has 180 valence electrons. The topological polar surface area (TPSA) is 69.7 Å². The first-order valence-corrected chi connectivity index (χ1v) is 13.0. The molecule has 0 aliphatic carbocycles. The number of rotatable bonds is 5. The fourth-order valence-electron chi connectivity index (χ4n) is 4.92. The van der Waals surface area contributed by atoms with Gasteiger partial charge in [-0.3, -0.25) is 19.3 Å². The number of nitrogens with one attached hydrogen (secondary N) is 1. The first-order chi connectivity index (χ1) is 17.0. The molecule has 2 aromatic carbocycles. The van der Waals surface area contributed by atoms with E-state index in [0.717, 1.165) is 29.7 Å². The van der Waals surface area contributed by atoms with Crippen LogP contribution in [0, 0.1) is 6.92 Å². The van der Waals surface area contributed by atoms with Crippen LogP contribution >= 0.6 is 11.3 Å². The second-order valence-corrected chi connectivity index (χ2v) is 10.2. The van der Waals surface area contributed by atoms with Crippen LogP contribution in [-0.4, -0.2) is 35.2 Å². The maximum atomic E-state index is 13.5. The van der Waals surface area contributed by atoms with Crippen molar-refractivity contribution in [1.29, 1.82) is 0 Å². The van der Waals surface area contributed by atoms with Crippen LogP contribution in [0.3, 0.4) is 0 Å². The Morgan fingerprint density at radius 3 is 2.54 bits per heavy atom. The van der Waals surface area contributed by atoms with Crippen LogP contribution in [0.2, 0.25) is 0 Å². The minimum Gasteiger partial charge on any atom is -0.338 e. The number of carbonyl (C=O) groups excluding carboxylic acids is 3. The van der Waals surface area contributed by atoms with Gasteiger partial charge >= 0.3 is 0 Å². The summed E-state index contributed by atoms with van der Waals surface area (Å²) in [7, 11) is 0. The van der Waals surface area contributed by atoms with Crippen molar-refractivity contribution in [3.8, 4) is 0 Å². The molecule has 1 N–H and O–H groups in total. The minimum atomic E-state index is -0.614. The fourth-order valence-corrected chi connectivity index (χ4v) is 5.81. The number of hydrogen-bond acceptors (Lipinski definition) is 4. The quantitative estimate of drug-likeness (QED) is 0.567. The molecule has 0 radical (unpaired) electrons. The van der Waals surface area contributed by atoms with Crippen molar-refractivity contribution in [2.24, 2.45) is 0 Å². The molecule has 5 rings (SSSR count). The lowest BCUT2D eigenvalue weighted by molar-refractivity contribution is -0.134. The van der Waals surface area contributed by atoms with E-state index >= 15 is 0 Å². The fraction of sp³-hybridized carbons (Fsp3) is 0.321. The smallest absolute Gasteiger partial charge is 0.247 e. The standard InChI is InChI=1S/C28H29N3O3S/c1-19-6-9-22(10-7-19)29-28(34)24-11-8-20-4-2-3-5-23(20)31(24)27(33)13-12-26(32)30-16-14-25-21(18-30)15-17-35-25/h2-7,9-10,15,17,24H,8,11-14,16,18H2,1H3,(H,29,34). The van der Waals surface area contributed by atoms with E-state index in [1.807, 2.05) is 60.4 Å². The normalized spacial score (nSPS) is 16.9. The third kappa shape index (κ3) is 5.00. The van der Waals surface area contributed by atoms with Gasteiger partial charge in [0.15, 0.2) is 0 Å². The van der Waals surface area contributed by atoms with Crippen LogP contribution in [-0.2, 0) is 33.8 Å². The van der Waals surface area contributed by atoms with Crippen molar-refractivity contribution in [1.82, 2.24) is 4.90 Å². The van der Waals surface area contributed by atoms with Gasteiger partial charge in [0.2, 0.25) is 17.7 Å². The second kappa shape index (κ2) is 10.0. The maximum absolute atomic E-state index is 13.5. The molecule has 0 bridgehead atoms. The number of benzene rings is 2. The lowest BCUT2D eigenvalue weighted by Gasteiger charge is -2.36. The highest BCUT2D eigenvalue weighted by Crippen LogP contribution is 2.32. The third-order valence-electron chi connectivity index (χ3n) is 6.85. The number of aryl methyl sites for hydroxylation is 2. The van der Waals surface area contributed by atoms with E-state index in [4.69, 9.17) is 0 Å². The minimum absolute atomic E-state index is 0.0128. The van der Waals surface area contributed by atoms with Gasteiger partial charge in [-0.05, 0) is 67.0 Å². The summed E-state index contributed by atoms with van der Waals surface area (Å²) in [6.45, 7) is 3.29. The Morgan fingerprint density at radius 1 is 0.943 bits per heavy atom. The first-order valence-electron chi connectivity index (χ1n) is 12.1. The van der Waals surface area contributed by atoms with Crippen LogP contribution in [0.4, 0.5) is 11.4 Å². The number of thiophene rings is 1. The van der Waals surface area contributed by atoms with Gasteiger partial charge in [-0.2, -0.15) is 0 Å². The molecule has 1 unspecified atom stereocenters. The molecule has 2 aliphatic rings. The van der Waals surface area contributed by atoms with Gasteiger partial charge in [-0.1, -0.05) is 35.9 Å². The van der Waals surface area contributed by atoms with E-state index in [2.05, 4.69) is 16.8 Å². The molecular formula is C28H29N3O3S. The third-order valence-corrected chi connectivity index (χ3v) is 7.88. The van der Waals surface area contributed by atoms with Gasteiger partial charge < -0.3 is 10.2 Å². The van der Waals surface area contributed by atoms with E-state index in [1.165, 1.54) is 10.4 Å². The van der Waals surface area contributed by atoms with Crippen molar-refractivity contribution < 1.29 is 14.4 Å². The molecule has 0 saturated heterocycles. The van der Waals surface area contributed by atoms with Crippen LogP contribution in [0.15, 0.2) is 60.0 Å². The van der Waals surface area contributed by atoms with Crippen molar-refractivity contribution in [3.63, 3.8) is 0 Å². The molecule has 35 heavy (non-hydrogen) atoms. The average Bonchev–Trinajstić information content (AvgIpc) is 3.35. The lowest BCUT2D eigenvalue weighted by Crippen LogP contribution is -2.50. The molecule has 1 aromatic heterocycles. The zero-order chi connectivity index (χ0) is 24.4. The SMILES string of the molecule is Cc1ccc(NC(=O)C2CCc3ccccc3N2C(=O)CCC(=O)N2CCc3sccc3C2)cc1. The summed E-state index contributed by atoms with van der Waals surface area (Å²) in [5, 5.41) is 5.04. The Morgan fingerprint density at radius 2 is 1.71 bits per heavy atom. The largest absolute Gasteiger partial charge is 0.338 e. The number of nitrogens with zero attached hydrogens (tertiary/aromatic N) is 2. The average molecular weight is 488 g/mol. The second-order valence-electron chi connectivity index (χ2n) is 9.24. The molecule has 7 heteroatoms. The highest BCUT2D eigenvalue weighted by molar-refractivity contribution is 7.10. The molecule has 6 nitrogen and oxygen atoms in total. The van der Waals surface area contributed by atoms with Gasteiger partial charge in [-0.25, -0.2) is 0 Å².